The minimum atomic E-state index is -0.385. The molecule has 2 rings (SSSR count). The Balaban J connectivity index is 2.08. The SMILES string of the molecule is Cc1c(F)cccc1NC(=O)Nc1cccc(C(C)C)c1. The highest BCUT2D eigenvalue weighted by atomic mass is 19.1. The number of hydrogen-bond donors (Lipinski definition) is 2. The fraction of sp³-hybridized carbons (Fsp3) is 0.235. The van der Waals surface area contributed by atoms with Crippen LogP contribution in [-0.4, -0.2) is 6.03 Å². The lowest BCUT2D eigenvalue weighted by Crippen LogP contribution is -2.20. The van der Waals surface area contributed by atoms with E-state index in [2.05, 4.69) is 24.5 Å². The molecule has 0 fully saturated rings. The maximum Gasteiger partial charge on any atom is 0.323 e. The van der Waals surface area contributed by atoms with E-state index >= 15 is 0 Å². The zero-order valence-corrected chi connectivity index (χ0v) is 12.4. The maximum absolute atomic E-state index is 13.4. The monoisotopic (exact) mass is 286 g/mol. The van der Waals surface area contributed by atoms with Gasteiger partial charge in [0, 0.05) is 16.9 Å². The van der Waals surface area contributed by atoms with Crippen molar-refractivity contribution in [1.29, 1.82) is 0 Å². The molecule has 0 radical (unpaired) electrons. The van der Waals surface area contributed by atoms with Crippen molar-refractivity contribution in [3.8, 4) is 0 Å². The lowest BCUT2D eigenvalue weighted by Gasteiger charge is -2.12. The standard InChI is InChI=1S/C17H19FN2O/c1-11(2)13-6-4-7-14(10-13)19-17(21)20-16-9-5-8-15(18)12(16)3/h4-11H,1-3H3,(H2,19,20,21). The van der Waals surface area contributed by atoms with Crippen LogP contribution in [0.1, 0.15) is 30.9 Å². The average Bonchev–Trinajstić information content (AvgIpc) is 2.44. The molecule has 0 aliphatic rings. The first-order chi connectivity index (χ1) is 9.97. The third-order valence-electron chi connectivity index (χ3n) is 3.33. The van der Waals surface area contributed by atoms with Gasteiger partial charge in [-0.25, -0.2) is 9.18 Å². The van der Waals surface area contributed by atoms with E-state index < -0.39 is 0 Å². The number of urea groups is 1. The van der Waals surface area contributed by atoms with E-state index in [0.717, 1.165) is 5.56 Å². The predicted molar refractivity (Wildman–Crippen MR) is 84.3 cm³/mol. The van der Waals surface area contributed by atoms with E-state index in [1.165, 1.54) is 6.07 Å². The van der Waals surface area contributed by atoms with Gasteiger partial charge in [0.15, 0.2) is 0 Å². The van der Waals surface area contributed by atoms with Crippen LogP contribution in [-0.2, 0) is 0 Å². The van der Waals surface area contributed by atoms with Gasteiger partial charge in [-0.1, -0.05) is 32.0 Å². The van der Waals surface area contributed by atoms with Crippen molar-refractivity contribution in [3.05, 3.63) is 59.4 Å². The third kappa shape index (κ3) is 3.81. The fourth-order valence-corrected chi connectivity index (χ4v) is 2.00. The highest BCUT2D eigenvalue weighted by Crippen LogP contribution is 2.20. The number of hydrogen-bond acceptors (Lipinski definition) is 1. The number of anilines is 2. The Morgan fingerprint density at radius 1 is 1.10 bits per heavy atom. The first kappa shape index (κ1) is 15.0. The van der Waals surface area contributed by atoms with Gasteiger partial charge in [0.05, 0.1) is 0 Å². The Labute approximate surface area is 124 Å². The third-order valence-corrected chi connectivity index (χ3v) is 3.33. The lowest BCUT2D eigenvalue weighted by atomic mass is 10.0. The molecule has 0 aromatic heterocycles. The zero-order valence-electron chi connectivity index (χ0n) is 12.4. The number of nitrogens with one attached hydrogen (secondary N) is 2. The maximum atomic E-state index is 13.4. The first-order valence-corrected chi connectivity index (χ1v) is 6.90. The van der Waals surface area contributed by atoms with Crippen molar-refractivity contribution < 1.29 is 9.18 Å². The topological polar surface area (TPSA) is 41.1 Å². The van der Waals surface area contributed by atoms with E-state index in [9.17, 15) is 9.18 Å². The van der Waals surface area contributed by atoms with Crippen LogP contribution < -0.4 is 10.6 Å². The fourth-order valence-electron chi connectivity index (χ4n) is 2.00. The zero-order chi connectivity index (χ0) is 15.4. The Hall–Kier alpha value is -2.36. The molecule has 2 aromatic carbocycles. The van der Waals surface area contributed by atoms with Gasteiger partial charge in [-0.3, -0.25) is 0 Å². The molecule has 0 atom stereocenters. The van der Waals surface area contributed by atoms with Gasteiger partial charge in [0.1, 0.15) is 5.82 Å². The van der Waals surface area contributed by atoms with Crippen molar-refractivity contribution in [2.45, 2.75) is 26.7 Å². The minimum absolute atomic E-state index is 0.338. The van der Waals surface area contributed by atoms with E-state index in [-0.39, 0.29) is 11.8 Å². The van der Waals surface area contributed by atoms with Crippen LogP contribution in [0.15, 0.2) is 42.5 Å². The second kappa shape index (κ2) is 6.39. The summed E-state index contributed by atoms with van der Waals surface area (Å²) >= 11 is 0. The highest BCUT2D eigenvalue weighted by molar-refractivity contribution is 6.00. The van der Waals surface area contributed by atoms with Crippen LogP contribution in [0.2, 0.25) is 0 Å². The van der Waals surface area contributed by atoms with E-state index in [0.29, 0.717) is 22.9 Å². The molecule has 2 N–H and O–H groups in total. The molecule has 0 unspecified atom stereocenters. The van der Waals surface area contributed by atoms with Crippen LogP contribution in [0, 0.1) is 12.7 Å². The van der Waals surface area contributed by atoms with Crippen molar-refractivity contribution in [2.75, 3.05) is 10.6 Å². The summed E-state index contributed by atoms with van der Waals surface area (Å²) < 4.78 is 13.4. The summed E-state index contributed by atoms with van der Waals surface area (Å²) in [5.74, 6) is 0.0508. The molecule has 3 nitrogen and oxygen atoms in total. The van der Waals surface area contributed by atoms with Crippen molar-refractivity contribution in [1.82, 2.24) is 0 Å². The Morgan fingerprint density at radius 3 is 2.52 bits per heavy atom. The van der Waals surface area contributed by atoms with Gasteiger partial charge < -0.3 is 10.6 Å². The van der Waals surface area contributed by atoms with Gasteiger partial charge in [-0.15, -0.1) is 0 Å². The molecule has 0 bridgehead atoms. The molecular weight excluding hydrogens is 267 g/mol. The van der Waals surface area contributed by atoms with Crippen LogP contribution in [0.4, 0.5) is 20.6 Å². The number of halogens is 1. The molecule has 0 heterocycles. The summed E-state index contributed by atoms with van der Waals surface area (Å²) in [6.45, 7) is 5.81. The van der Waals surface area contributed by atoms with Gasteiger partial charge in [-0.05, 0) is 42.7 Å². The molecule has 0 saturated heterocycles. The number of carbonyl (C=O) groups excluding carboxylic acids is 1. The van der Waals surface area contributed by atoms with Crippen LogP contribution >= 0.6 is 0 Å². The van der Waals surface area contributed by atoms with Gasteiger partial charge in [-0.2, -0.15) is 0 Å². The summed E-state index contributed by atoms with van der Waals surface area (Å²) in [5, 5.41) is 5.42. The van der Waals surface area contributed by atoms with Gasteiger partial charge in [0.2, 0.25) is 0 Å². The molecule has 0 aliphatic carbocycles. The number of rotatable bonds is 3. The molecule has 21 heavy (non-hydrogen) atoms. The quantitative estimate of drug-likeness (QED) is 0.827. The normalized spacial score (nSPS) is 10.5. The Morgan fingerprint density at radius 2 is 1.81 bits per heavy atom. The molecular formula is C17H19FN2O. The van der Waals surface area contributed by atoms with E-state index in [4.69, 9.17) is 0 Å². The average molecular weight is 286 g/mol. The second-order valence-electron chi connectivity index (χ2n) is 5.27. The molecule has 0 spiro atoms. The summed E-state index contributed by atoms with van der Waals surface area (Å²) in [5.41, 5.74) is 2.75. The van der Waals surface area contributed by atoms with E-state index in [1.807, 2.05) is 24.3 Å². The Kier molecular flexibility index (Phi) is 4.58. The smallest absolute Gasteiger partial charge is 0.308 e. The van der Waals surface area contributed by atoms with Crippen molar-refractivity contribution >= 4 is 17.4 Å². The summed E-state index contributed by atoms with van der Waals surface area (Å²) in [6, 6.07) is 11.9. The predicted octanol–water partition coefficient (Wildman–Crippen LogP) is 4.90. The molecule has 0 saturated carbocycles. The number of benzene rings is 2. The van der Waals surface area contributed by atoms with Crippen molar-refractivity contribution in [3.63, 3.8) is 0 Å². The van der Waals surface area contributed by atoms with Gasteiger partial charge in [0.25, 0.3) is 0 Å². The minimum Gasteiger partial charge on any atom is -0.308 e. The highest BCUT2D eigenvalue weighted by Gasteiger charge is 2.08. The summed E-state index contributed by atoms with van der Waals surface area (Å²) in [6.07, 6.45) is 0. The molecule has 110 valence electrons. The summed E-state index contributed by atoms with van der Waals surface area (Å²) in [4.78, 5) is 12.0. The van der Waals surface area contributed by atoms with E-state index in [1.54, 1.807) is 19.1 Å². The van der Waals surface area contributed by atoms with Crippen molar-refractivity contribution in [2.24, 2.45) is 0 Å². The molecule has 0 aliphatic heterocycles. The Bertz CT molecular complexity index is 653. The lowest BCUT2D eigenvalue weighted by molar-refractivity contribution is 0.262. The largest absolute Gasteiger partial charge is 0.323 e. The van der Waals surface area contributed by atoms with Crippen LogP contribution in [0.25, 0.3) is 0 Å². The molecule has 2 amide bonds. The molecule has 2 aromatic rings. The number of amides is 2. The second-order valence-corrected chi connectivity index (χ2v) is 5.27. The number of carbonyl (C=O) groups is 1. The summed E-state index contributed by atoms with van der Waals surface area (Å²) in [7, 11) is 0. The first-order valence-electron chi connectivity index (χ1n) is 6.90. The van der Waals surface area contributed by atoms with Crippen LogP contribution in [0.3, 0.4) is 0 Å². The molecule has 4 heteroatoms. The van der Waals surface area contributed by atoms with Crippen LogP contribution in [0.5, 0.6) is 0 Å². The van der Waals surface area contributed by atoms with Gasteiger partial charge >= 0.3 is 6.03 Å².